The minimum atomic E-state index is 0.974. The van der Waals surface area contributed by atoms with Crippen molar-refractivity contribution in [2.45, 2.75) is 33.2 Å². The fraction of sp³-hybridized carbons (Fsp3) is 0.529. The second-order valence-electron chi connectivity index (χ2n) is 5.93. The van der Waals surface area contributed by atoms with Gasteiger partial charge in [0, 0.05) is 55.0 Å². The molecule has 0 unspecified atom stereocenters. The molecule has 22 heavy (non-hydrogen) atoms. The Morgan fingerprint density at radius 2 is 2.05 bits per heavy atom. The summed E-state index contributed by atoms with van der Waals surface area (Å²) in [5.41, 5.74) is 2.58. The second-order valence-corrected chi connectivity index (χ2v) is 7.30. The van der Waals surface area contributed by atoms with Crippen molar-refractivity contribution in [2.75, 3.05) is 31.6 Å². The fourth-order valence-corrected chi connectivity index (χ4v) is 3.92. The average Bonchev–Trinajstić information content (AvgIpc) is 2.82. The Morgan fingerprint density at radius 3 is 2.77 bits per heavy atom. The van der Waals surface area contributed by atoms with Crippen LogP contribution in [0.25, 0.3) is 0 Å². The third kappa shape index (κ3) is 3.31. The molecule has 0 aromatic carbocycles. The second kappa shape index (κ2) is 6.75. The van der Waals surface area contributed by atoms with Gasteiger partial charge in [0.25, 0.3) is 0 Å². The first kappa shape index (κ1) is 15.4. The Hall–Kier alpha value is -1.46. The lowest BCUT2D eigenvalue weighted by atomic mass is 10.1. The molecule has 0 spiro atoms. The molecule has 0 saturated carbocycles. The predicted molar refractivity (Wildman–Crippen MR) is 92.7 cm³/mol. The zero-order valence-electron chi connectivity index (χ0n) is 13.7. The van der Waals surface area contributed by atoms with E-state index in [1.54, 1.807) is 6.33 Å². The van der Waals surface area contributed by atoms with Crippen molar-refractivity contribution in [3.8, 4) is 0 Å². The summed E-state index contributed by atoms with van der Waals surface area (Å²) in [6.07, 6.45) is 3.78. The van der Waals surface area contributed by atoms with E-state index in [1.807, 2.05) is 11.3 Å². The molecule has 0 fully saturated rings. The number of thiophene rings is 1. The first-order valence-electron chi connectivity index (χ1n) is 7.99. The van der Waals surface area contributed by atoms with Crippen LogP contribution >= 0.6 is 11.3 Å². The van der Waals surface area contributed by atoms with Crippen LogP contribution < -0.4 is 4.90 Å². The van der Waals surface area contributed by atoms with Crippen LogP contribution in [-0.2, 0) is 19.4 Å². The summed E-state index contributed by atoms with van der Waals surface area (Å²) >= 11 is 1.91. The summed E-state index contributed by atoms with van der Waals surface area (Å²) in [4.78, 5) is 16.7. The van der Waals surface area contributed by atoms with Gasteiger partial charge in [0.15, 0.2) is 0 Å². The molecule has 2 aromatic heterocycles. The minimum Gasteiger partial charge on any atom is -0.360 e. The van der Waals surface area contributed by atoms with Crippen LogP contribution in [0.5, 0.6) is 0 Å². The predicted octanol–water partition coefficient (Wildman–Crippen LogP) is 2.90. The zero-order chi connectivity index (χ0) is 15.5. The van der Waals surface area contributed by atoms with Gasteiger partial charge in [-0.05, 0) is 32.4 Å². The van der Waals surface area contributed by atoms with E-state index < -0.39 is 0 Å². The van der Waals surface area contributed by atoms with Crippen LogP contribution in [-0.4, -0.2) is 41.5 Å². The van der Waals surface area contributed by atoms with E-state index in [4.69, 9.17) is 0 Å². The molecule has 1 aliphatic heterocycles. The summed E-state index contributed by atoms with van der Waals surface area (Å²) in [5.74, 6) is 1.11. The third-order valence-electron chi connectivity index (χ3n) is 4.37. The van der Waals surface area contributed by atoms with Crippen molar-refractivity contribution in [3.63, 3.8) is 0 Å². The largest absolute Gasteiger partial charge is 0.360 e. The number of aromatic nitrogens is 2. The van der Waals surface area contributed by atoms with E-state index >= 15 is 0 Å². The topological polar surface area (TPSA) is 32.3 Å². The molecule has 118 valence electrons. The van der Waals surface area contributed by atoms with E-state index in [1.165, 1.54) is 21.0 Å². The van der Waals surface area contributed by atoms with E-state index in [0.29, 0.717) is 0 Å². The molecule has 4 nitrogen and oxygen atoms in total. The minimum absolute atomic E-state index is 0.974. The van der Waals surface area contributed by atoms with Crippen LogP contribution in [0.3, 0.4) is 0 Å². The SMILES string of the molecule is CCN(C)c1ncnc2c1CCN(Cc1ccc(C)s1)CC2. The van der Waals surface area contributed by atoms with Crippen molar-refractivity contribution in [1.82, 2.24) is 14.9 Å². The normalized spacial score (nSPS) is 15.4. The third-order valence-corrected chi connectivity index (χ3v) is 5.35. The van der Waals surface area contributed by atoms with E-state index in [-0.39, 0.29) is 0 Å². The van der Waals surface area contributed by atoms with Crippen molar-refractivity contribution in [3.05, 3.63) is 39.5 Å². The highest BCUT2D eigenvalue weighted by Gasteiger charge is 2.20. The van der Waals surface area contributed by atoms with Crippen LogP contribution in [0.4, 0.5) is 5.82 Å². The molecule has 0 N–H and O–H groups in total. The van der Waals surface area contributed by atoms with E-state index in [0.717, 1.165) is 44.8 Å². The number of hydrogen-bond donors (Lipinski definition) is 0. The molecule has 1 aliphatic rings. The highest BCUT2D eigenvalue weighted by Crippen LogP contribution is 2.24. The lowest BCUT2D eigenvalue weighted by Crippen LogP contribution is -2.25. The first-order chi connectivity index (χ1) is 10.7. The standard InChI is InChI=1S/C17H24N4S/c1-4-20(3)17-15-7-9-21(10-8-16(15)18-12-19-17)11-14-6-5-13(2)22-14/h5-6,12H,4,7-11H2,1-3H3. The molecular weight excluding hydrogens is 292 g/mol. The lowest BCUT2D eigenvalue weighted by molar-refractivity contribution is 0.281. The molecule has 5 heteroatoms. The molecule has 0 aliphatic carbocycles. The first-order valence-corrected chi connectivity index (χ1v) is 8.80. The van der Waals surface area contributed by atoms with Gasteiger partial charge >= 0.3 is 0 Å². The maximum absolute atomic E-state index is 4.54. The smallest absolute Gasteiger partial charge is 0.135 e. The average molecular weight is 316 g/mol. The highest BCUT2D eigenvalue weighted by atomic mass is 32.1. The molecule has 0 radical (unpaired) electrons. The summed E-state index contributed by atoms with van der Waals surface area (Å²) in [6.45, 7) is 8.53. The van der Waals surface area contributed by atoms with Gasteiger partial charge in [0.2, 0.25) is 0 Å². The van der Waals surface area contributed by atoms with Crippen LogP contribution in [0.2, 0.25) is 0 Å². The van der Waals surface area contributed by atoms with Gasteiger partial charge in [-0.3, -0.25) is 4.90 Å². The van der Waals surface area contributed by atoms with Crippen molar-refractivity contribution in [1.29, 1.82) is 0 Å². The Kier molecular flexibility index (Phi) is 4.74. The summed E-state index contributed by atoms with van der Waals surface area (Å²) in [7, 11) is 2.11. The Bertz CT molecular complexity index is 637. The number of aryl methyl sites for hydroxylation is 1. The molecule has 0 bridgehead atoms. The van der Waals surface area contributed by atoms with Crippen molar-refractivity contribution >= 4 is 17.2 Å². The van der Waals surface area contributed by atoms with Crippen LogP contribution in [0, 0.1) is 6.92 Å². The van der Waals surface area contributed by atoms with Crippen LogP contribution in [0.15, 0.2) is 18.5 Å². The molecule has 0 saturated heterocycles. The number of nitrogens with zero attached hydrogens (tertiary/aromatic N) is 4. The zero-order valence-corrected chi connectivity index (χ0v) is 14.5. The monoisotopic (exact) mass is 316 g/mol. The maximum atomic E-state index is 4.54. The Labute approximate surface area is 136 Å². The van der Waals surface area contributed by atoms with Crippen molar-refractivity contribution in [2.24, 2.45) is 0 Å². The van der Waals surface area contributed by atoms with Crippen LogP contribution in [0.1, 0.15) is 27.9 Å². The lowest BCUT2D eigenvalue weighted by Gasteiger charge is -2.20. The summed E-state index contributed by atoms with van der Waals surface area (Å²) < 4.78 is 0. The summed E-state index contributed by atoms with van der Waals surface area (Å²) in [6, 6.07) is 4.47. The molecule has 3 heterocycles. The Morgan fingerprint density at radius 1 is 1.23 bits per heavy atom. The molecular formula is C17H24N4S. The number of fused-ring (bicyclic) bond motifs is 1. The van der Waals surface area contributed by atoms with Gasteiger partial charge in [-0.25, -0.2) is 9.97 Å². The maximum Gasteiger partial charge on any atom is 0.135 e. The summed E-state index contributed by atoms with van der Waals surface area (Å²) in [5, 5.41) is 0. The quantitative estimate of drug-likeness (QED) is 0.868. The molecule has 0 amide bonds. The van der Waals surface area contributed by atoms with E-state index in [9.17, 15) is 0 Å². The number of hydrogen-bond acceptors (Lipinski definition) is 5. The highest BCUT2D eigenvalue weighted by molar-refractivity contribution is 7.11. The molecule has 0 atom stereocenters. The van der Waals surface area contributed by atoms with Gasteiger partial charge in [-0.1, -0.05) is 0 Å². The van der Waals surface area contributed by atoms with Crippen molar-refractivity contribution < 1.29 is 0 Å². The molecule has 3 rings (SSSR count). The molecule has 2 aromatic rings. The van der Waals surface area contributed by atoms with E-state index in [2.05, 4.69) is 52.8 Å². The van der Waals surface area contributed by atoms with Gasteiger partial charge in [-0.15, -0.1) is 11.3 Å². The van der Waals surface area contributed by atoms with Gasteiger partial charge in [0.05, 0.1) is 5.69 Å². The number of rotatable bonds is 4. The van der Waals surface area contributed by atoms with Gasteiger partial charge in [-0.2, -0.15) is 0 Å². The van der Waals surface area contributed by atoms with Gasteiger partial charge in [0.1, 0.15) is 12.1 Å². The number of anilines is 1. The fourth-order valence-electron chi connectivity index (χ4n) is 2.98. The van der Waals surface area contributed by atoms with Gasteiger partial charge < -0.3 is 4.90 Å². The Balaban J connectivity index is 1.74.